The Morgan fingerprint density at radius 3 is 2.71 bits per heavy atom. The molecule has 0 saturated carbocycles. The minimum atomic E-state index is -0.484. The van der Waals surface area contributed by atoms with Crippen molar-refractivity contribution in [3.8, 4) is 11.4 Å². The van der Waals surface area contributed by atoms with Crippen LogP contribution in [-0.2, 0) is 6.54 Å². The molecule has 4 rings (SSSR count). The molecule has 3 N–H and O–H groups in total. The second-order valence-corrected chi connectivity index (χ2v) is 5.44. The number of H-pyrrole nitrogens is 1. The van der Waals surface area contributed by atoms with Crippen LogP contribution in [-0.4, -0.2) is 30.6 Å². The van der Waals surface area contributed by atoms with E-state index in [1.165, 1.54) is 6.33 Å². The molecule has 7 nitrogen and oxygen atoms in total. The van der Waals surface area contributed by atoms with Crippen LogP contribution in [0.4, 0.5) is 0 Å². The number of primary amides is 1. The molecule has 4 aromatic rings. The molecule has 0 aliphatic carbocycles. The molecule has 0 bridgehead atoms. The van der Waals surface area contributed by atoms with Crippen molar-refractivity contribution in [1.29, 1.82) is 0 Å². The van der Waals surface area contributed by atoms with Gasteiger partial charge in [0, 0.05) is 5.56 Å². The van der Waals surface area contributed by atoms with Gasteiger partial charge in [0.25, 0.3) is 5.91 Å². The monoisotopic (exact) mass is 318 g/mol. The lowest BCUT2D eigenvalue weighted by Crippen LogP contribution is -2.11. The maximum atomic E-state index is 11.5. The zero-order valence-corrected chi connectivity index (χ0v) is 12.7. The second-order valence-electron chi connectivity index (χ2n) is 5.44. The summed E-state index contributed by atoms with van der Waals surface area (Å²) in [4.78, 5) is 23.2. The first-order valence-electron chi connectivity index (χ1n) is 7.41. The van der Waals surface area contributed by atoms with E-state index in [0.717, 1.165) is 16.6 Å². The molecular formula is C17H14N6O. The third-order valence-electron chi connectivity index (χ3n) is 3.82. The van der Waals surface area contributed by atoms with Gasteiger partial charge in [0.1, 0.15) is 24.0 Å². The number of nitrogens with one attached hydrogen (secondary N) is 1. The topological polar surface area (TPSA) is 102 Å². The molecule has 2 heterocycles. The highest BCUT2D eigenvalue weighted by Gasteiger charge is 2.12. The van der Waals surface area contributed by atoms with Crippen molar-refractivity contribution in [1.82, 2.24) is 24.7 Å². The van der Waals surface area contributed by atoms with Crippen LogP contribution < -0.4 is 5.73 Å². The van der Waals surface area contributed by atoms with Crippen LogP contribution in [0.1, 0.15) is 15.9 Å². The van der Waals surface area contributed by atoms with Gasteiger partial charge < -0.3 is 10.7 Å². The average Bonchev–Trinajstić information content (AvgIpc) is 3.24. The number of hydrogen-bond donors (Lipinski definition) is 2. The van der Waals surface area contributed by atoms with Gasteiger partial charge in [0.15, 0.2) is 0 Å². The van der Waals surface area contributed by atoms with Crippen LogP contribution >= 0.6 is 0 Å². The van der Waals surface area contributed by atoms with E-state index in [1.807, 2.05) is 30.3 Å². The molecule has 2 aromatic heterocycles. The number of benzene rings is 2. The summed E-state index contributed by atoms with van der Waals surface area (Å²) in [6, 6.07) is 13.3. The molecule has 118 valence electrons. The van der Waals surface area contributed by atoms with Crippen LogP contribution in [0.25, 0.3) is 22.4 Å². The number of carbonyl (C=O) groups excluding carboxylic acids is 1. The van der Waals surface area contributed by atoms with E-state index in [9.17, 15) is 4.79 Å². The standard InChI is InChI=1S/C17H14N6O/c18-16(24)13-2-1-3-14-15(13)22-17(21-14)12-6-4-11(5-7-12)8-23-10-19-9-20-23/h1-7,9-10H,8H2,(H2,18,24)(H,21,22). The van der Waals surface area contributed by atoms with Gasteiger partial charge in [-0.3, -0.25) is 4.79 Å². The maximum Gasteiger partial charge on any atom is 0.250 e. The number of amides is 1. The van der Waals surface area contributed by atoms with E-state index in [0.29, 0.717) is 23.4 Å². The second kappa shape index (κ2) is 5.62. The summed E-state index contributed by atoms with van der Waals surface area (Å²) in [6.45, 7) is 0.659. The number of hydrogen-bond acceptors (Lipinski definition) is 4. The fraction of sp³-hybridized carbons (Fsp3) is 0.0588. The van der Waals surface area contributed by atoms with Gasteiger partial charge in [0.05, 0.1) is 17.6 Å². The van der Waals surface area contributed by atoms with Crippen molar-refractivity contribution < 1.29 is 4.79 Å². The molecule has 0 spiro atoms. The number of aromatic amines is 1. The van der Waals surface area contributed by atoms with Crippen LogP contribution in [0.2, 0.25) is 0 Å². The van der Waals surface area contributed by atoms with Gasteiger partial charge in [-0.2, -0.15) is 5.10 Å². The molecule has 0 aliphatic rings. The van der Waals surface area contributed by atoms with Gasteiger partial charge in [-0.1, -0.05) is 30.3 Å². The third kappa shape index (κ3) is 2.52. The fourth-order valence-corrected chi connectivity index (χ4v) is 2.64. The molecule has 0 atom stereocenters. The number of nitrogens with zero attached hydrogens (tertiary/aromatic N) is 4. The zero-order chi connectivity index (χ0) is 16.5. The van der Waals surface area contributed by atoms with E-state index >= 15 is 0 Å². The van der Waals surface area contributed by atoms with Crippen LogP contribution in [0, 0.1) is 0 Å². The highest BCUT2D eigenvalue weighted by atomic mass is 16.1. The van der Waals surface area contributed by atoms with E-state index < -0.39 is 5.91 Å². The fourth-order valence-electron chi connectivity index (χ4n) is 2.64. The highest BCUT2D eigenvalue weighted by molar-refractivity contribution is 6.04. The van der Waals surface area contributed by atoms with Crippen molar-refractivity contribution in [3.63, 3.8) is 0 Å². The Balaban J connectivity index is 1.67. The van der Waals surface area contributed by atoms with Crippen molar-refractivity contribution in [3.05, 3.63) is 66.2 Å². The number of imidazole rings is 1. The Hall–Kier alpha value is -3.48. The largest absolute Gasteiger partial charge is 0.366 e. The Kier molecular flexibility index (Phi) is 3.31. The summed E-state index contributed by atoms with van der Waals surface area (Å²) in [5.41, 5.74) is 9.24. The van der Waals surface area contributed by atoms with Crippen LogP contribution in [0.3, 0.4) is 0 Å². The quantitative estimate of drug-likeness (QED) is 0.600. The Morgan fingerprint density at radius 2 is 2.00 bits per heavy atom. The normalized spacial score (nSPS) is 11.0. The van der Waals surface area contributed by atoms with Crippen molar-refractivity contribution in [2.45, 2.75) is 6.54 Å². The lowest BCUT2D eigenvalue weighted by Gasteiger charge is -2.02. The van der Waals surface area contributed by atoms with Gasteiger partial charge in [-0.25, -0.2) is 14.6 Å². The maximum absolute atomic E-state index is 11.5. The van der Waals surface area contributed by atoms with Gasteiger partial charge in [-0.15, -0.1) is 0 Å². The first-order valence-corrected chi connectivity index (χ1v) is 7.41. The van der Waals surface area contributed by atoms with Crippen molar-refractivity contribution >= 4 is 16.9 Å². The van der Waals surface area contributed by atoms with Gasteiger partial charge in [-0.05, 0) is 17.7 Å². The highest BCUT2D eigenvalue weighted by Crippen LogP contribution is 2.23. The molecular weight excluding hydrogens is 304 g/mol. The first kappa shape index (κ1) is 14.1. The van der Waals surface area contributed by atoms with Crippen molar-refractivity contribution in [2.75, 3.05) is 0 Å². The summed E-state index contributed by atoms with van der Waals surface area (Å²) in [5, 5.41) is 4.09. The molecule has 0 fully saturated rings. The number of rotatable bonds is 4. The number of fused-ring (bicyclic) bond motifs is 1. The Labute approximate surface area is 137 Å². The van der Waals surface area contributed by atoms with Gasteiger partial charge in [0.2, 0.25) is 0 Å². The molecule has 0 radical (unpaired) electrons. The minimum absolute atomic E-state index is 0.415. The summed E-state index contributed by atoms with van der Waals surface area (Å²) in [6.07, 6.45) is 3.19. The molecule has 0 unspecified atom stereocenters. The summed E-state index contributed by atoms with van der Waals surface area (Å²) in [5.74, 6) is 0.216. The smallest absolute Gasteiger partial charge is 0.250 e. The van der Waals surface area contributed by atoms with E-state index in [4.69, 9.17) is 5.73 Å². The number of aromatic nitrogens is 5. The molecule has 2 aromatic carbocycles. The van der Waals surface area contributed by atoms with Crippen LogP contribution in [0.15, 0.2) is 55.1 Å². The predicted molar refractivity (Wildman–Crippen MR) is 89.2 cm³/mol. The lowest BCUT2D eigenvalue weighted by molar-refractivity contribution is 0.100. The minimum Gasteiger partial charge on any atom is -0.366 e. The predicted octanol–water partition coefficient (Wildman–Crippen LogP) is 1.97. The summed E-state index contributed by atoms with van der Waals surface area (Å²) in [7, 11) is 0. The Morgan fingerprint density at radius 1 is 1.17 bits per heavy atom. The average molecular weight is 318 g/mol. The van der Waals surface area contributed by atoms with Gasteiger partial charge >= 0.3 is 0 Å². The van der Waals surface area contributed by atoms with Crippen LogP contribution in [0.5, 0.6) is 0 Å². The number of para-hydroxylation sites is 1. The molecule has 0 aliphatic heterocycles. The third-order valence-corrected chi connectivity index (χ3v) is 3.82. The number of carbonyl (C=O) groups is 1. The molecule has 0 saturated heterocycles. The lowest BCUT2D eigenvalue weighted by atomic mass is 10.1. The zero-order valence-electron chi connectivity index (χ0n) is 12.7. The molecule has 7 heteroatoms. The van der Waals surface area contributed by atoms with E-state index in [1.54, 1.807) is 23.1 Å². The number of nitrogens with two attached hydrogens (primary N) is 1. The summed E-state index contributed by atoms with van der Waals surface area (Å²) >= 11 is 0. The van der Waals surface area contributed by atoms with E-state index in [-0.39, 0.29) is 0 Å². The van der Waals surface area contributed by atoms with E-state index in [2.05, 4.69) is 20.1 Å². The Bertz CT molecular complexity index is 1000. The molecule has 1 amide bonds. The SMILES string of the molecule is NC(=O)c1cccc2[nH]c(-c3ccc(Cn4cncn4)cc3)nc12. The summed E-state index contributed by atoms with van der Waals surface area (Å²) < 4.78 is 1.76. The van der Waals surface area contributed by atoms with Crippen molar-refractivity contribution in [2.24, 2.45) is 5.73 Å². The first-order chi connectivity index (χ1) is 11.7. The molecule has 24 heavy (non-hydrogen) atoms.